The number of aliphatic hydroxyl groups is 1. The van der Waals surface area contributed by atoms with Crippen LogP contribution in [-0.2, 0) is 19.0 Å². The first-order valence-electron chi connectivity index (χ1n) is 14.4. The summed E-state index contributed by atoms with van der Waals surface area (Å²) in [4.78, 5) is 37.7. The van der Waals surface area contributed by atoms with Gasteiger partial charge in [-0.3, -0.25) is 4.79 Å². The third kappa shape index (κ3) is 9.63. The van der Waals surface area contributed by atoms with Crippen LogP contribution in [0.4, 0.5) is 0 Å². The number of methoxy groups -OCH3 is 1. The fraction of sp³-hybridized carbons (Fsp3) is 0.485. The molecule has 1 aliphatic rings. The maximum atomic E-state index is 13.0. The van der Waals surface area contributed by atoms with Gasteiger partial charge in [0.1, 0.15) is 12.2 Å². The fourth-order valence-corrected chi connectivity index (χ4v) is 5.26. The second kappa shape index (κ2) is 16.6. The number of unbranched alkanes of at least 4 members (excludes halogenated alkanes) is 3. The molecule has 0 aliphatic heterocycles. The average Bonchev–Trinajstić information content (AvgIpc) is 3.29. The van der Waals surface area contributed by atoms with Gasteiger partial charge in [-0.25, -0.2) is 9.59 Å². The van der Waals surface area contributed by atoms with Crippen molar-refractivity contribution in [3.63, 3.8) is 0 Å². The smallest absolute Gasteiger partial charge is 0.338 e. The molecule has 2 aromatic carbocycles. The van der Waals surface area contributed by atoms with Gasteiger partial charge in [0, 0.05) is 24.7 Å². The van der Waals surface area contributed by atoms with Gasteiger partial charge < -0.3 is 19.3 Å². The van der Waals surface area contributed by atoms with E-state index in [1.54, 1.807) is 54.6 Å². The van der Waals surface area contributed by atoms with Gasteiger partial charge in [-0.05, 0) is 43.5 Å². The summed E-state index contributed by atoms with van der Waals surface area (Å²) < 4.78 is 16.8. The van der Waals surface area contributed by atoms with Gasteiger partial charge in [0.25, 0.3) is 0 Å². The first-order chi connectivity index (χ1) is 19.4. The van der Waals surface area contributed by atoms with E-state index in [9.17, 15) is 19.5 Å². The molecule has 0 saturated heterocycles. The zero-order chi connectivity index (χ0) is 28.7. The summed E-state index contributed by atoms with van der Waals surface area (Å²) >= 11 is 0. The quantitative estimate of drug-likeness (QED) is 0.120. The summed E-state index contributed by atoms with van der Waals surface area (Å²) in [5.41, 5.74) is 0.902. The summed E-state index contributed by atoms with van der Waals surface area (Å²) in [7, 11) is 1.37. The van der Waals surface area contributed by atoms with Crippen molar-refractivity contribution >= 4 is 17.9 Å². The molecule has 1 fully saturated rings. The lowest BCUT2D eigenvalue weighted by Crippen LogP contribution is -2.26. The van der Waals surface area contributed by atoms with E-state index in [-0.39, 0.29) is 17.8 Å². The lowest BCUT2D eigenvalue weighted by Gasteiger charge is -2.24. The molecule has 0 radical (unpaired) electrons. The predicted molar refractivity (Wildman–Crippen MR) is 153 cm³/mol. The van der Waals surface area contributed by atoms with E-state index in [0.717, 1.165) is 19.3 Å². The van der Waals surface area contributed by atoms with Crippen LogP contribution in [0, 0.1) is 11.8 Å². The second-order valence-corrected chi connectivity index (χ2v) is 10.4. The lowest BCUT2D eigenvalue weighted by molar-refractivity contribution is -0.140. The highest BCUT2D eigenvalue weighted by molar-refractivity contribution is 5.90. The maximum Gasteiger partial charge on any atom is 0.338 e. The summed E-state index contributed by atoms with van der Waals surface area (Å²) in [5.74, 6) is -1.55. The number of rotatable bonds is 15. The van der Waals surface area contributed by atoms with Gasteiger partial charge in [0.15, 0.2) is 0 Å². The van der Waals surface area contributed by atoms with Gasteiger partial charge in [-0.2, -0.15) is 0 Å². The molecule has 1 N–H and O–H groups in total. The summed E-state index contributed by atoms with van der Waals surface area (Å²) in [6, 6.07) is 17.6. The van der Waals surface area contributed by atoms with Crippen molar-refractivity contribution in [2.24, 2.45) is 11.8 Å². The number of aliphatic hydroxyl groups excluding tert-OH is 1. The summed E-state index contributed by atoms with van der Waals surface area (Å²) in [5, 5.41) is 10.6. The lowest BCUT2D eigenvalue weighted by atomic mass is 9.87. The molecule has 7 nitrogen and oxygen atoms in total. The van der Waals surface area contributed by atoms with Crippen LogP contribution in [0.25, 0.3) is 0 Å². The van der Waals surface area contributed by atoms with E-state index in [4.69, 9.17) is 14.2 Å². The molecule has 1 saturated carbocycles. The molecule has 2 aromatic rings. The molecule has 0 spiro atoms. The van der Waals surface area contributed by atoms with Crippen LogP contribution in [0.15, 0.2) is 72.8 Å². The van der Waals surface area contributed by atoms with Crippen molar-refractivity contribution in [1.29, 1.82) is 0 Å². The molecule has 1 aliphatic carbocycles. The van der Waals surface area contributed by atoms with E-state index in [1.807, 2.05) is 18.2 Å². The largest absolute Gasteiger partial charge is 0.469 e. The molecule has 0 bridgehead atoms. The number of esters is 3. The van der Waals surface area contributed by atoms with Gasteiger partial charge >= 0.3 is 17.9 Å². The van der Waals surface area contributed by atoms with Crippen LogP contribution in [-0.4, -0.2) is 48.4 Å². The number of ether oxygens (including phenoxy) is 3. The Balaban J connectivity index is 1.83. The molecule has 216 valence electrons. The maximum absolute atomic E-state index is 13.0. The van der Waals surface area contributed by atoms with Crippen molar-refractivity contribution in [3.8, 4) is 0 Å². The molecule has 0 unspecified atom stereocenters. The van der Waals surface area contributed by atoms with Crippen molar-refractivity contribution < 1.29 is 33.7 Å². The minimum absolute atomic E-state index is 0.155. The van der Waals surface area contributed by atoms with Crippen LogP contribution in [0.5, 0.6) is 0 Å². The van der Waals surface area contributed by atoms with Gasteiger partial charge in [0.2, 0.25) is 0 Å². The highest BCUT2D eigenvalue weighted by atomic mass is 16.6. The Hall–Kier alpha value is -3.45. The van der Waals surface area contributed by atoms with E-state index in [0.29, 0.717) is 49.7 Å². The summed E-state index contributed by atoms with van der Waals surface area (Å²) in [6.45, 7) is 2.12. The van der Waals surface area contributed by atoms with Crippen LogP contribution < -0.4 is 0 Å². The molecular formula is C33H42O7. The third-order valence-corrected chi connectivity index (χ3v) is 7.46. The Morgan fingerprint density at radius 2 is 1.48 bits per heavy atom. The predicted octanol–water partition coefficient (Wildman–Crippen LogP) is 6.30. The standard InChI is InChI=1S/C33H42O7/c1-3-4-7-18-26(34)21-22-28-27(19-12-13-20-31(35)38-2)29(39-32(36)24-14-8-5-9-15-24)23-30(28)40-33(37)25-16-10-6-11-17-25/h5-6,8-11,14-17,21-22,26-30,34H,3-4,7,12-13,18-20,23H2,1-2H3/b22-21+/t26-,27+,28-,29+,30-/m0/s1. The number of hydrogen-bond donors (Lipinski definition) is 1. The zero-order valence-corrected chi connectivity index (χ0v) is 23.6. The second-order valence-electron chi connectivity index (χ2n) is 10.4. The minimum Gasteiger partial charge on any atom is -0.469 e. The number of carbonyl (C=O) groups excluding carboxylic acids is 3. The van der Waals surface area contributed by atoms with Crippen LogP contribution in [0.1, 0.15) is 85.4 Å². The van der Waals surface area contributed by atoms with Crippen LogP contribution in [0.2, 0.25) is 0 Å². The zero-order valence-electron chi connectivity index (χ0n) is 23.6. The fourth-order valence-electron chi connectivity index (χ4n) is 5.26. The average molecular weight is 551 g/mol. The highest BCUT2D eigenvalue weighted by Gasteiger charge is 2.46. The topological polar surface area (TPSA) is 99.1 Å². The third-order valence-electron chi connectivity index (χ3n) is 7.46. The van der Waals surface area contributed by atoms with Crippen LogP contribution in [0.3, 0.4) is 0 Å². The van der Waals surface area contributed by atoms with Crippen molar-refractivity contribution in [2.75, 3.05) is 7.11 Å². The van der Waals surface area contributed by atoms with Crippen LogP contribution >= 0.6 is 0 Å². The number of carbonyl (C=O) groups is 3. The van der Waals surface area contributed by atoms with Crippen molar-refractivity contribution in [3.05, 3.63) is 83.9 Å². The molecule has 0 aromatic heterocycles. The first-order valence-corrected chi connectivity index (χ1v) is 14.4. The Morgan fingerprint density at radius 3 is 2.05 bits per heavy atom. The monoisotopic (exact) mass is 550 g/mol. The molecule has 0 heterocycles. The molecule has 3 rings (SSSR count). The van der Waals surface area contributed by atoms with E-state index >= 15 is 0 Å². The van der Waals surface area contributed by atoms with E-state index in [1.165, 1.54) is 7.11 Å². The Kier molecular flexibility index (Phi) is 12.9. The Labute approximate surface area is 237 Å². The molecule has 40 heavy (non-hydrogen) atoms. The van der Waals surface area contributed by atoms with Gasteiger partial charge in [-0.15, -0.1) is 0 Å². The molecule has 0 amide bonds. The molecular weight excluding hydrogens is 508 g/mol. The first kappa shape index (κ1) is 31.1. The summed E-state index contributed by atoms with van der Waals surface area (Å²) in [6.07, 6.45) is 8.42. The number of benzene rings is 2. The van der Waals surface area contributed by atoms with Gasteiger partial charge in [0.05, 0.1) is 24.3 Å². The van der Waals surface area contributed by atoms with Crippen molar-refractivity contribution in [2.45, 2.75) is 83.0 Å². The molecule has 7 heteroatoms. The van der Waals surface area contributed by atoms with E-state index < -0.39 is 30.3 Å². The van der Waals surface area contributed by atoms with E-state index in [2.05, 4.69) is 6.92 Å². The van der Waals surface area contributed by atoms with Gasteiger partial charge in [-0.1, -0.05) is 81.2 Å². The minimum atomic E-state index is -0.608. The Bertz CT molecular complexity index is 1080. The molecule has 5 atom stereocenters. The number of hydrogen-bond acceptors (Lipinski definition) is 7. The highest BCUT2D eigenvalue weighted by Crippen LogP contribution is 2.41. The Morgan fingerprint density at radius 1 is 0.875 bits per heavy atom. The van der Waals surface area contributed by atoms with Crippen molar-refractivity contribution in [1.82, 2.24) is 0 Å². The normalized spacial score (nSPS) is 21.2. The SMILES string of the molecule is CCCCC[C@H](O)/C=C/[C@H]1[C@@H](CCCCC(=O)OC)[C@H](OC(=O)c2ccccc2)C[C@@H]1OC(=O)c1ccccc1.